The van der Waals surface area contributed by atoms with Gasteiger partial charge in [-0.3, -0.25) is 5.21 Å². The molecule has 0 spiro atoms. The number of unbranched alkanes of at least 4 members (excludes halogenated alkanes) is 2. The second-order valence-electron chi connectivity index (χ2n) is 8.39. The molecule has 0 bridgehead atoms. The largest absolute Gasteiger partial charge is 0.494 e. The van der Waals surface area contributed by atoms with Gasteiger partial charge in [0.25, 0.3) is 5.69 Å². The normalized spacial score (nSPS) is 12.5. The molecule has 0 saturated carbocycles. The van der Waals surface area contributed by atoms with E-state index < -0.39 is 0 Å². The SMILES string of the molecule is CCCCOc1ccc2cc(-c3ccc4nc([C@@H](C)CCCC)[nH]c4c3)[n+](O)cc2c1. The van der Waals surface area contributed by atoms with E-state index in [9.17, 15) is 5.21 Å². The van der Waals surface area contributed by atoms with Crippen LogP contribution in [0.4, 0.5) is 0 Å². The molecule has 2 aromatic carbocycles. The molecule has 2 heterocycles. The van der Waals surface area contributed by atoms with Crippen LogP contribution < -0.4 is 9.47 Å². The third-order valence-corrected chi connectivity index (χ3v) is 5.88. The van der Waals surface area contributed by atoms with E-state index in [1.165, 1.54) is 17.6 Å². The Labute approximate surface area is 183 Å². The number of hydrogen-bond donors (Lipinski definition) is 2. The van der Waals surface area contributed by atoms with Crippen molar-refractivity contribution < 1.29 is 14.7 Å². The zero-order valence-electron chi connectivity index (χ0n) is 18.7. The Kier molecular flexibility index (Phi) is 6.40. The van der Waals surface area contributed by atoms with Crippen molar-refractivity contribution in [1.29, 1.82) is 0 Å². The molecule has 5 heteroatoms. The fourth-order valence-electron chi connectivity index (χ4n) is 3.92. The monoisotopic (exact) mass is 418 g/mol. The molecule has 4 aromatic rings. The zero-order valence-corrected chi connectivity index (χ0v) is 18.7. The fraction of sp³-hybridized carbons (Fsp3) is 0.385. The number of rotatable bonds is 9. The highest BCUT2D eigenvalue weighted by molar-refractivity contribution is 5.87. The van der Waals surface area contributed by atoms with Crippen LogP contribution in [0.25, 0.3) is 33.1 Å². The van der Waals surface area contributed by atoms with E-state index in [0.717, 1.165) is 63.9 Å². The number of fused-ring (bicyclic) bond motifs is 2. The van der Waals surface area contributed by atoms with E-state index in [1.54, 1.807) is 6.20 Å². The molecule has 0 saturated heterocycles. The second-order valence-corrected chi connectivity index (χ2v) is 8.39. The molecular weight excluding hydrogens is 386 g/mol. The van der Waals surface area contributed by atoms with Crippen LogP contribution in [0, 0.1) is 0 Å². The highest BCUT2D eigenvalue weighted by Gasteiger charge is 2.17. The number of nitrogens with zero attached hydrogens (tertiary/aromatic N) is 2. The molecule has 2 N–H and O–H groups in total. The van der Waals surface area contributed by atoms with Crippen molar-refractivity contribution >= 4 is 21.8 Å². The Bertz CT molecular complexity index is 1180. The Balaban J connectivity index is 1.63. The first-order chi connectivity index (χ1) is 15.1. The van der Waals surface area contributed by atoms with Gasteiger partial charge in [-0.2, -0.15) is 0 Å². The summed E-state index contributed by atoms with van der Waals surface area (Å²) in [4.78, 5) is 8.26. The van der Waals surface area contributed by atoms with Gasteiger partial charge in [0.2, 0.25) is 6.20 Å². The van der Waals surface area contributed by atoms with E-state index in [-0.39, 0.29) is 0 Å². The van der Waals surface area contributed by atoms with Gasteiger partial charge in [0.05, 0.1) is 28.6 Å². The van der Waals surface area contributed by atoms with Gasteiger partial charge in [0, 0.05) is 16.7 Å². The van der Waals surface area contributed by atoms with Crippen LogP contribution in [0.5, 0.6) is 5.75 Å². The minimum atomic E-state index is 0.410. The van der Waals surface area contributed by atoms with Gasteiger partial charge in [-0.1, -0.05) is 46.1 Å². The van der Waals surface area contributed by atoms with Crippen LogP contribution in [0.3, 0.4) is 0 Å². The second kappa shape index (κ2) is 9.38. The molecule has 1 atom stereocenters. The highest BCUT2D eigenvalue weighted by Crippen LogP contribution is 2.27. The van der Waals surface area contributed by atoms with Crippen molar-refractivity contribution in [3.63, 3.8) is 0 Å². The summed E-state index contributed by atoms with van der Waals surface area (Å²) < 4.78 is 7.00. The molecule has 0 aliphatic carbocycles. The van der Waals surface area contributed by atoms with Gasteiger partial charge >= 0.3 is 0 Å². The van der Waals surface area contributed by atoms with Crippen LogP contribution >= 0.6 is 0 Å². The van der Waals surface area contributed by atoms with E-state index in [2.05, 4.69) is 31.8 Å². The Morgan fingerprint density at radius 3 is 2.68 bits per heavy atom. The van der Waals surface area contributed by atoms with Crippen LogP contribution in [0.15, 0.2) is 48.7 Å². The number of benzene rings is 2. The molecule has 0 unspecified atom stereocenters. The minimum Gasteiger partial charge on any atom is -0.494 e. The molecule has 0 fully saturated rings. The highest BCUT2D eigenvalue weighted by atomic mass is 16.5. The number of H-pyrrole nitrogens is 1. The number of ether oxygens (including phenoxy) is 1. The Morgan fingerprint density at radius 1 is 1.03 bits per heavy atom. The van der Waals surface area contributed by atoms with Crippen LogP contribution in [-0.2, 0) is 0 Å². The predicted octanol–water partition coefficient (Wildman–Crippen LogP) is 6.38. The molecule has 162 valence electrons. The van der Waals surface area contributed by atoms with E-state index in [1.807, 2.05) is 36.4 Å². The summed E-state index contributed by atoms with van der Waals surface area (Å²) in [6, 6.07) is 14.1. The summed E-state index contributed by atoms with van der Waals surface area (Å²) in [7, 11) is 0. The molecule has 5 nitrogen and oxygen atoms in total. The van der Waals surface area contributed by atoms with Crippen molar-refractivity contribution in [1.82, 2.24) is 9.97 Å². The molecular formula is C26H32N3O2+. The van der Waals surface area contributed by atoms with Crippen molar-refractivity contribution in [3.8, 4) is 17.0 Å². The molecule has 0 radical (unpaired) electrons. The van der Waals surface area contributed by atoms with E-state index in [4.69, 9.17) is 9.72 Å². The predicted molar refractivity (Wildman–Crippen MR) is 125 cm³/mol. The fourth-order valence-corrected chi connectivity index (χ4v) is 3.92. The van der Waals surface area contributed by atoms with Gasteiger partial charge in [0.15, 0.2) is 0 Å². The number of imidazole rings is 1. The van der Waals surface area contributed by atoms with Gasteiger partial charge < -0.3 is 9.72 Å². The number of hydrogen-bond acceptors (Lipinski definition) is 3. The maximum absolute atomic E-state index is 10.7. The lowest BCUT2D eigenvalue weighted by Gasteiger charge is -2.06. The van der Waals surface area contributed by atoms with Crippen molar-refractivity contribution in [2.75, 3.05) is 6.61 Å². The smallest absolute Gasteiger partial charge is 0.265 e. The summed E-state index contributed by atoms with van der Waals surface area (Å²) >= 11 is 0. The number of nitrogens with one attached hydrogen (secondary N) is 1. The molecule has 0 amide bonds. The summed E-state index contributed by atoms with van der Waals surface area (Å²) in [6.07, 6.45) is 7.41. The lowest BCUT2D eigenvalue weighted by atomic mass is 10.0. The van der Waals surface area contributed by atoms with Crippen LogP contribution in [-0.4, -0.2) is 21.8 Å². The van der Waals surface area contributed by atoms with Crippen molar-refractivity contribution in [2.45, 2.75) is 58.8 Å². The average Bonchev–Trinajstić information content (AvgIpc) is 3.20. The van der Waals surface area contributed by atoms with Gasteiger partial charge in [-0.05, 0) is 48.6 Å². The lowest BCUT2D eigenvalue weighted by molar-refractivity contribution is -0.895. The first-order valence-electron chi connectivity index (χ1n) is 11.4. The van der Waals surface area contributed by atoms with Gasteiger partial charge in [-0.15, -0.1) is 0 Å². The third-order valence-electron chi connectivity index (χ3n) is 5.88. The Morgan fingerprint density at radius 2 is 1.87 bits per heavy atom. The molecule has 0 aliphatic heterocycles. The average molecular weight is 419 g/mol. The number of aromatic nitrogens is 3. The standard InChI is InChI=1S/C26H31N3O2/c1-4-6-8-18(3)26-27-23-12-10-20(15-24(23)28-26)25-16-19-9-11-22(31-13-7-5-2)14-21(19)17-29(25)30/h9-12,14-18,30H,4-8,13H2,1-3H3/p+1/t18-/m0/s1. The summed E-state index contributed by atoms with van der Waals surface area (Å²) in [6.45, 7) is 7.29. The topological polar surface area (TPSA) is 62.0 Å². The molecule has 2 aromatic heterocycles. The first kappa shape index (κ1) is 21.2. The van der Waals surface area contributed by atoms with Gasteiger partial charge in [0.1, 0.15) is 11.6 Å². The van der Waals surface area contributed by atoms with Crippen LogP contribution in [0.1, 0.15) is 64.6 Å². The first-order valence-corrected chi connectivity index (χ1v) is 11.4. The maximum Gasteiger partial charge on any atom is 0.265 e. The lowest BCUT2D eigenvalue weighted by Crippen LogP contribution is -2.32. The van der Waals surface area contributed by atoms with E-state index in [0.29, 0.717) is 12.5 Å². The van der Waals surface area contributed by atoms with Gasteiger partial charge in [-0.25, -0.2) is 4.98 Å². The van der Waals surface area contributed by atoms with Crippen LogP contribution in [0.2, 0.25) is 0 Å². The summed E-state index contributed by atoms with van der Waals surface area (Å²) in [5.41, 5.74) is 3.64. The molecule has 4 rings (SSSR count). The molecule has 31 heavy (non-hydrogen) atoms. The minimum absolute atomic E-state index is 0.410. The van der Waals surface area contributed by atoms with Crippen molar-refractivity contribution in [2.24, 2.45) is 0 Å². The zero-order chi connectivity index (χ0) is 21.8. The van der Waals surface area contributed by atoms with Crippen molar-refractivity contribution in [3.05, 3.63) is 54.5 Å². The maximum atomic E-state index is 10.7. The number of pyridine rings is 1. The quantitative estimate of drug-likeness (QED) is 0.188. The Hall–Kier alpha value is -3.08. The summed E-state index contributed by atoms with van der Waals surface area (Å²) in [5, 5.41) is 12.7. The van der Waals surface area contributed by atoms with E-state index >= 15 is 0 Å². The number of aromatic amines is 1. The molecule has 0 aliphatic rings. The summed E-state index contributed by atoms with van der Waals surface area (Å²) in [5.74, 6) is 2.27. The third kappa shape index (κ3) is 4.66.